The van der Waals surface area contributed by atoms with Gasteiger partial charge in [0.1, 0.15) is 5.01 Å². The number of halogens is 1. The number of nitrogens with zero attached hydrogens (tertiary/aromatic N) is 3. The van der Waals surface area contributed by atoms with Crippen molar-refractivity contribution in [2.45, 2.75) is 26.8 Å². The summed E-state index contributed by atoms with van der Waals surface area (Å²) < 4.78 is 5.36. The van der Waals surface area contributed by atoms with Crippen LogP contribution in [0, 0.1) is 5.92 Å². The molecule has 27 heavy (non-hydrogen) atoms. The topological polar surface area (TPSA) is 45.7 Å². The molecule has 0 aliphatic carbocycles. The number of thiazole rings is 1. The van der Waals surface area contributed by atoms with Gasteiger partial charge in [0.2, 0.25) is 0 Å². The van der Waals surface area contributed by atoms with Gasteiger partial charge < -0.3 is 9.64 Å². The number of aromatic nitrogens is 1. The minimum atomic E-state index is -0.194. The number of hydrogen-bond donors (Lipinski definition) is 0. The molecule has 0 N–H and O–H groups in total. The van der Waals surface area contributed by atoms with Crippen molar-refractivity contribution in [3.05, 3.63) is 40.4 Å². The molecule has 1 saturated heterocycles. The fourth-order valence-corrected chi connectivity index (χ4v) is 4.14. The van der Waals surface area contributed by atoms with Crippen LogP contribution in [0.4, 0.5) is 4.79 Å². The highest BCUT2D eigenvalue weighted by Crippen LogP contribution is 2.30. The first kappa shape index (κ1) is 20.1. The maximum atomic E-state index is 12.2. The Morgan fingerprint density at radius 1 is 1.26 bits per heavy atom. The third-order valence-corrected chi connectivity index (χ3v) is 5.68. The highest BCUT2D eigenvalue weighted by atomic mass is 35.5. The molecule has 2 heterocycles. The van der Waals surface area contributed by atoms with E-state index in [4.69, 9.17) is 21.3 Å². The third-order valence-electron chi connectivity index (χ3n) is 4.43. The molecule has 2 aromatic rings. The Morgan fingerprint density at radius 2 is 2.07 bits per heavy atom. The number of ether oxygens (including phenoxy) is 1. The van der Waals surface area contributed by atoms with Gasteiger partial charge in [-0.05, 0) is 18.4 Å². The first-order valence-corrected chi connectivity index (χ1v) is 10.6. The van der Waals surface area contributed by atoms with Gasteiger partial charge in [-0.25, -0.2) is 9.78 Å². The van der Waals surface area contributed by atoms with Gasteiger partial charge in [-0.1, -0.05) is 43.6 Å². The molecule has 0 saturated carbocycles. The van der Waals surface area contributed by atoms with Crippen LogP contribution in [0.15, 0.2) is 29.6 Å². The van der Waals surface area contributed by atoms with Crippen molar-refractivity contribution < 1.29 is 9.53 Å². The van der Waals surface area contributed by atoms with Crippen LogP contribution in [-0.4, -0.2) is 53.7 Å². The van der Waals surface area contributed by atoms with Crippen LogP contribution in [0.25, 0.3) is 10.6 Å². The summed E-state index contributed by atoms with van der Waals surface area (Å²) in [6, 6.07) is 7.79. The second-order valence-corrected chi connectivity index (χ2v) is 8.48. The van der Waals surface area contributed by atoms with Gasteiger partial charge in [-0.15, -0.1) is 11.3 Å². The maximum absolute atomic E-state index is 12.2. The zero-order chi connectivity index (χ0) is 19.2. The first-order valence-electron chi connectivity index (χ1n) is 9.36. The number of carbonyl (C=O) groups excluding carboxylic acids is 1. The minimum absolute atomic E-state index is 0.194. The lowest BCUT2D eigenvalue weighted by molar-refractivity contribution is 0.0930. The average Bonchev–Trinajstić information content (AvgIpc) is 2.97. The standard InChI is InChI=1S/C20H26ClN3O2S/c1-15(2)13-26-20(25)24-9-5-8-23(10-11-24)12-16-14-27-19(22-16)17-6-3-4-7-18(17)21/h3-4,6-7,14-15H,5,8-13H2,1-2H3. The third kappa shape index (κ3) is 5.67. The molecular weight excluding hydrogens is 382 g/mol. The second kappa shape index (κ2) is 9.53. The van der Waals surface area contributed by atoms with Crippen LogP contribution >= 0.6 is 22.9 Å². The van der Waals surface area contributed by atoms with Crippen molar-refractivity contribution in [1.82, 2.24) is 14.8 Å². The summed E-state index contributed by atoms with van der Waals surface area (Å²) in [4.78, 5) is 21.1. The normalized spacial score (nSPS) is 15.8. The van der Waals surface area contributed by atoms with E-state index in [1.807, 2.05) is 43.0 Å². The summed E-state index contributed by atoms with van der Waals surface area (Å²) >= 11 is 7.90. The smallest absolute Gasteiger partial charge is 0.409 e. The second-order valence-electron chi connectivity index (χ2n) is 7.21. The van der Waals surface area contributed by atoms with Gasteiger partial charge in [0, 0.05) is 43.7 Å². The largest absolute Gasteiger partial charge is 0.449 e. The molecule has 3 rings (SSSR count). The summed E-state index contributed by atoms with van der Waals surface area (Å²) in [6.07, 6.45) is 0.748. The first-order chi connectivity index (χ1) is 13.0. The van der Waals surface area contributed by atoms with Crippen LogP contribution in [0.1, 0.15) is 26.0 Å². The minimum Gasteiger partial charge on any atom is -0.449 e. The van der Waals surface area contributed by atoms with Crippen LogP contribution in [-0.2, 0) is 11.3 Å². The Kier molecular flexibility index (Phi) is 7.10. The zero-order valence-corrected chi connectivity index (χ0v) is 17.4. The van der Waals surface area contributed by atoms with Crippen molar-refractivity contribution in [3.63, 3.8) is 0 Å². The Morgan fingerprint density at radius 3 is 2.85 bits per heavy atom. The molecule has 0 radical (unpaired) electrons. The number of benzene rings is 1. The molecule has 0 bridgehead atoms. The summed E-state index contributed by atoms with van der Waals surface area (Å²) in [5, 5.41) is 3.77. The lowest BCUT2D eigenvalue weighted by atomic mass is 10.2. The van der Waals surface area contributed by atoms with Crippen LogP contribution < -0.4 is 0 Å². The van der Waals surface area contributed by atoms with Crippen LogP contribution in [0.5, 0.6) is 0 Å². The van der Waals surface area contributed by atoms with Gasteiger partial charge in [0.05, 0.1) is 17.3 Å². The van der Waals surface area contributed by atoms with Crippen molar-refractivity contribution in [2.24, 2.45) is 5.92 Å². The van der Waals surface area contributed by atoms with E-state index in [9.17, 15) is 4.79 Å². The van der Waals surface area contributed by atoms with E-state index < -0.39 is 0 Å². The molecular formula is C20H26ClN3O2S. The number of hydrogen-bond acceptors (Lipinski definition) is 5. The van der Waals surface area contributed by atoms with E-state index in [-0.39, 0.29) is 6.09 Å². The molecule has 5 nitrogen and oxygen atoms in total. The Hall–Kier alpha value is -1.63. The van der Waals surface area contributed by atoms with Crippen LogP contribution in [0.3, 0.4) is 0 Å². The fraction of sp³-hybridized carbons (Fsp3) is 0.500. The molecule has 1 aromatic heterocycles. The SMILES string of the molecule is CC(C)COC(=O)N1CCCN(Cc2csc(-c3ccccc3Cl)n2)CC1. The van der Waals surface area contributed by atoms with E-state index in [0.717, 1.165) is 53.9 Å². The van der Waals surface area contributed by atoms with E-state index in [1.165, 1.54) is 0 Å². The van der Waals surface area contributed by atoms with Crippen LogP contribution in [0.2, 0.25) is 5.02 Å². The number of rotatable bonds is 5. The Labute approximate surface area is 169 Å². The average molecular weight is 408 g/mol. The lowest BCUT2D eigenvalue weighted by Gasteiger charge is -2.21. The van der Waals surface area contributed by atoms with Gasteiger partial charge >= 0.3 is 6.09 Å². The Bertz CT molecular complexity index is 765. The predicted molar refractivity (Wildman–Crippen MR) is 110 cm³/mol. The van der Waals surface area contributed by atoms with Gasteiger partial charge in [0.15, 0.2) is 0 Å². The summed E-state index contributed by atoms with van der Waals surface area (Å²) in [7, 11) is 0. The molecule has 1 amide bonds. The molecule has 1 aromatic carbocycles. The van der Waals surface area contributed by atoms with Gasteiger partial charge in [0.25, 0.3) is 0 Å². The summed E-state index contributed by atoms with van der Waals surface area (Å²) in [5.41, 5.74) is 2.02. The summed E-state index contributed by atoms with van der Waals surface area (Å²) in [6.45, 7) is 8.57. The zero-order valence-electron chi connectivity index (χ0n) is 15.9. The van der Waals surface area contributed by atoms with Crippen molar-refractivity contribution in [2.75, 3.05) is 32.8 Å². The van der Waals surface area contributed by atoms with Gasteiger partial charge in [-0.2, -0.15) is 0 Å². The van der Waals surface area contributed by atoms with E-state index in [1.54, 1.807) is 11.3 Å². The molecule has 0 spiro atoms. The highest BCUT2D eigenvalue weighted by Gasteiger charge is 2.21. The van der Waals surface area contributed by atoms with Crippen molar-refractivity contribution in [1.29, 1.82) is 0 Å². The maximum Gasteiger partial charge on any atom is 0.409 e. The monoisotopic (exact) mass is 407 g/mol. The quantitative estimate of drug-likeness (QED) is 0.716. The highest BCUT2D eigenvalue weighted by molar-refractivity contribution is 7.13. The number of carbonyl (C=O) groups is 1. The molecule has 0 unspecified atom stereocenters. The predicted octanol–water partition coefficient (Wildman–Crippen LogP) is 4.76. The molecule has 1 aliphatic rings. The summed E-state index contributed by atoms with van der Waals surface area (Å²) in [5.74, 6) is 0.356. The van der Waals surface area contributed by atoms with E-state index >= 15 is 0 Å². The molecule has 0 atom stereocenters. The van der Waals surface area contributed by atoms with Crippen molar-refractivity contribution >= 4 is 29.0 Å². The molecule has 7 heteroatoms. The van der Waals surface area contributed by atoms with E-state index in [2.05, 4.69) is 10.3 Å². The Balaban J connectivity index is 1.55. The molecule has 1 aliphatic heterocycles. The van der Waals surface area contributed by atoms with E-state index in [0.29, 0.717) is 19.1 Å². The lowest BCUT2D eigenvalue weighted by Crippen LogP contribution is -2.36. The molecule has 1 fully saturated rings. The van der Waals surface area contributed by atoms with Gasteiger partial charge in [-0.3, -0.25) is 4.90 Å². The van der Waals surface area contributed by atoms with Crippen molar-refractivity contribution in [3.8, 4) is 10.6 Å². The fourth-order valence-electron chi connectivity index (χ4n) is 3.01. The number of amides is 1. The molecule has 146 valence electrons.